The van der Waals surface area contributed by atoms with Crippen molar-refractivity contribution >= 4 is 22.4 Å². The molecule has 0 bridgehead atoms. The zero-order chi connectivity index (χ0) is 17.9. The minimum Gasteiger partial charge on any atom is -0.322 e. The fraction of sp³-hybridized carbons (Fsp3) is 0. The van der Waals surface area contributed by atoms with Crippen molar-refractivity contribution in [2.75, 3.05) is 5.32 Å². The maximum Gasteiger partial charge on any atom is 0.264 e. The average Bonchev–Trinajstić information content (AvgIpc) is 2.68. The topological polar surface area (TPSA) is 74.8 Å². The van der Waals surface area contributed by atoms with Crippen molar-refractivity contribution in [1.82, 2.24) is 10.2 Å². The quantitative estimate of drug-likeness (QED) is 0.594. The molecule has 3 aromatic carbocycles. The third kappa shape index (κ3) is 3.10. The second-order valence-electron chi connectivity index (χ2n) is 5.87. The molecule has 126 valence electrons. The Morgan fingerprint density at radius 3 is 2.54 bits per heavy atom. The summed E-state index contributed by atoms with van der Waals surface area (Å²) in [5, 5.41) is 11.3. The van der Waals surface area contributed by atoms with Gasteiger partial charge in [0.15, 0.2) is 0 Å². The summed E-state index contributed by atoms with van der Waals surface area (Å²) in [6, 6.07) is 23.9. The first-order chi connectivity index (χ1) is 12.7. The van der Waals surface area contributed by atoms with Crippen LogP contribution in [-0.4, -0.2) is 16.1 Å². The summed E-state index contributed by atoms with van der Waals surface area (Å²) in [6.07, 6.45) is 0. The van der Waals surface area contributed by atoms with Gasteiger partial charge in [-0.2, -0.15) is 5.10 Å². The van der Waals surface area contributed by atoms with Gasteiger partial charge < -0.3 is 5.32 Å². The van der Waals surface area contributed by atoms with Crippen LogP contribution in [0.15, 0.2) is 83.7 Å². The molecule has 0 atom stereocenters. The fourth-order valence-corrected chi connectivity index (χ4v) is 2.88. The van der Waals surface area contributed by atoms with E-state index in [9.17, 15) is 9.59 Å². The van der Waals surface area contributed by atoms with Gasteiger partial charge in [-0.05, 0) is 35.0 Å². The molecular formula is C21H15N3O2. The molecular weight excluding hydrogens is 326 g/mol. The second-order valence-corrected chi connectivity index (χ2v) is 5.87. The second kappa shape index (κ2) is 6.64. The Morgan fingerprint density at radius 1 is 0.885 bits per heavy atom. The molecule has 0 spiro atoms. The summed E-state index contributed by atoms with van der Waals surface area (Å²) in [6.45, 7) is 0. The van der Waals surface area contributed by atoms with E-state index < -0.39 is 0 Å². The van der Waals surface area contributed by atoms with Gasteiger partial charge in [0.1, 0.15) is 0 Å². The number of nitrogens with one attached hydrogen (secondary N) is 2. The summed E-state index contributed by atoms with van der Waals surface area (Å²) in [5.74, 6) is -0.173. The summed E-state index contributed by atoms with van der Waals surface area (Å²) >= 11 is 0. The van der Waals surface area contributed by atoms with Gasteiger partial charge in [0, 0.05) is 22.9 Å². The molecule has 26 heavy (non-hydrogen) atoms. The van der Waals surface area contributed by atoms with Crippen LogP contribution in [0.2, 0.25) is 0 Å². The van der Waals surface area contributed by atoms with Crippen molar-refractivity contribution in [1.29, 1.82) is 0 Å². The van der Waals surface area contributed by atoms with Crippen molar-refractivity contribution in [3.63, 3.8) is 0 Å². The Morgan fingerprint density at radius 2 is 1.69 bits per heavy atom. The minimum absolute atomic E-state index is 0.173. The lowest BCUT2D eigenvalue weighted by atomic mass is 10.0. The highest BCUT2D eigenvalue weighted by Gasteiger charge is 2.10. The molecule has 0 fully saturated rings. The molecule has 5 nitrogen and oxygen atoms in total. The fourth-order valence-electron chi connectivity index (χ4n) is 2.88. The van der Waals surface area contributed by atoms with Crippen LogP contribution in [0.1, 0.15) is 10.4 Å². The Hall–Kier alpha value is -3.73. The summed E-state index contributed by atoms with van der Waals surface area (Å²) < 4.78 is 0. The van der Waals surface area contributed by atoms with Gasteiger partial charge in [0.25, 0.3) is 11.5 Å². The van der Waals surface area contributed by atoms with E-state index in [0.717, 1.165) is 16.3 Å². The molecule has 0 saturated carbocycles. The number of hydrogen-bond donors (Lipinski definition) is 2. The third-order valence-corrected chi connectivity index (χ3v) is 4.13. The molecule has 0 radical (unpaired) electrons. The first kappa shape index (κ1) is 15.8. The molecule has 1 heterocycles. The summed E-state index contributed by atoms with van der Waals surface area (Å²) in [7, 11) is 0. The van der Waals surface area contributed by atoms with Crippen LogP contribution in [-0.2, 0) is 0 Å². The van der Waals surface area contributed by atoms with Crippen LogP contribution in [0.3, 0.4) is 0 Å². The summed E-state index contributed by atoms with van der Waals surface area (Å²) in [5.41, 5.74) is 2.46. The van der Waals surface area contributed by atoms with Crippen LogP contribution in [0.25, 0.3) is 22.0 Å². The van der Waals surface area contributed by atoms with Gasteiger partial charge in [-0.15, -0.1) is 0 Å². The van der Waals surface area contributed by atoms with E-state index >= 15 is 0 Å². The Bertz CT molecular complexity index is 1140. The van der Waals surface area contributed by atoms with Crippen molar-refractivity contribution in [3.05, 3.63) is 94.8 Å². The van der Waals surface area contributed by atoms with Gasteiger partial charge in [-0.1, -0.05) is 48.5 Å². The number of H-pyrrole nitrogens is 1. The zero-order valence-corrected chi connectivity index (χ0v) is 13.8. The number of carbonyl (C=O) groups is 1. The molecule has 4 rings (SSSR count). The van der Waals surface area contributed by atoms with E-state index in [2.05, 4.69) is 15.5 Å². The molecule has 0 aliphatic rings. The van der Waals surface area contributed by atoms with Gasteiger partial charge in [-0.3, -0.25) is 9.59 Å². The number of hydrogen-bond acceptors (Lipinski definition) is 3. The predicted molar refractivity (Wildman–Crippen MR) is 102 cm³/mol. The third-order valence-electron chi connectivity index (χ3n) is 4.13. The Balaban J connectivity index is 1.65. The average molecular weight is 341 g/mol. The van der Waals surface area contributed by atoms with Gasteiger partial charge in [0.2, 0.25) is 0 Å². The lowest BCUT2D eigenvalue weighted by Gasteiger charge is -2.09. The highest BCUT2D eigenvalue weighted by Crippen LogP contribution is 2.22. The Labute approximate surface area is 149 Å². The van der Waals surface area contributed by atoms with E-state index in [1.54, 1.807) is 6.07 Å². The normalized spacial score (nSPS) is 10.6. The van der Waals surface area contributed by atoms with E-state index in [0.29, 0.717) is 16.9 Å². The number of nitrogens with zero attached hydrogens (tertiary/aromatic N) is 1. The van der Waals surface area contributed by atoms with E-state index in [-0.39, 0.29) is 11.5 Å². The van der Waals surface area contributed by atoms with E-state index in [1.807, 2.05) is 66.7 Å². The number of amides is 1. The number of aromatic nitrogens is 2. The molecule has 2 N–H and O–H groups in total. The highest BCUT2D eigenvalue weighted by atomic mass is 16.1. The van der Waals surface area contributed by atoms with Crippen LogP contribution >= 0.6 is 0 Å². The number of fused-ring (bicyclic) bond motifs is 1. The van der Waals surface area contributed by atoms with Gasteiger partial charge >= 0.3 is 0 Å². The first-order valence-electron chi connectivity index (χ1n) is 8.16. The van der Waals surface area contributed by atoms with Crippen LogP contribution in [0, 0.1) is 0 Å². The van der Waals surface area contributed by atoms with E-state index in [1.165, 1.54) is 6.07 Å². The monoisotopic (exact) mass is 341 g/mol. The van der Waals surface area contributed by atoms with Crippen molar-refractivity contribution in [2.24, 2.45) is 0 Å². The lowest BCUT2D eigenvalue weighted by Crippen LogP contribution is -2.12. The molecule has 4 aromatic rings. The maximum absolute atomic E-state index is 12.7. The SMILES string of the molecule is O=C(Nc1cccc(-c2ccc(=O)[nH]n2)c1)c1cccc2ccccc12. The van der Waals surface area contributed by atoms with Gasteiger partial charge in [0.05, 0.1) is 5.69 Å². The summed E-state index contributed by atoms with van der Waals surface area (Å²) in [4.78, 5) is 23.9. The van der Waals surface area contributed by atoms with Crippen LogP contribution < -0.4 is 10.9 Å². The number of aromatic amines is 1. The molecule has 0 saturated heterocycles. The van der Waals surface area contributed by atoms with Crippen molar-refractivity contribution in [3.8, 4) is 11.3 Å². The van der Waals surface area contributed by atoms with Crippen molar-refractivity contribution in [2.45, 2.75) is 0 Å². The molecule has 1 aromatic heterocycles. The first-order valence-corrected chi connectivity index (χ1v) is 8.16. The number of benzene rings is 3. The molecule has 0 aliphatic heterocycles. The van der Waals surface area contributed by atoms with E-state index in [4.69, 9.17) is 0 Å². The maximum atomic E-state index is 12.7. The minimum atomic E-state index is -0.255. The zero-order valence-electron chi connectivity index (χ0n) is 13.8. The number of rotatable bonds is 3. The largest absolute Gasteiger partial charge is 0.322 e. The highest BCUT2D eigenvalue weighted by molar-refractivity contribution is 6.13. The standard InChI is InChI=1S/C21H15N3O2/c25-20-12-11-19(23-24-20)15-7-3-8-16(13-15)22-21(26)18-10-4-6-14-5-1-2-9-17(14)18/h1-13H,(H,22,26)(H,24,25). The lowest BCUT2D eigenvalue weighted by molar-refractivity contribution is 0.102. The molecule has 1 amide bonds. The molecule has 5 heteroatoms. The van der Waals surface area contributed by atoms with Crippen molar-refractivity contribution < 1.29 is 4.79 Å². The predicted octanol–water partition coefficient (Wildman–Crippen LogP) is 3.84. The van der Waals surface area contributed by atoms with Crippen LogP contribution in [0.4, 0.5) is 5.69 Å². The number of carbonyl (C=O) groups excluding carboxylic acids is 1. The number of anilines is 1. The smallest absolute Gasteiger partial charge is 0.264 e. The Kier molecular flexibility index (Phi) is 4.03. The molecule has 0 unspecified atom stereocenters. The molecule has 0 aliphatic carbocycles. The van der Waals surface area contributed by atoms with Crippen LogP contribution in [0.5, 0.6) is 0 Å². The van der Waals surface area contributed by atoms with Gasteiger partial charge in [-0.25, -0.2) is 5.10 Å².